The van der Waals surface area contributed by atoms with Crippen LogP contribution in [0.3, 0.4) is 0 Å². The molecule has 116 valence electrons. The van der Waals surface area contributed by atoms with Crippen LogP contribution in [0.5, 0.6) is 0 Å². The van der Waals surface area contributed by atoms with Gasteiger partial charge in [-0.15, -0.1) is 5.10 Å². The van der Waals surface area contributed by atoms with E-state index in [-0.39, 0.29) is 0 Å². The molecule has 0 spiro atoms. The first-order chi connectivity index (χ1) is 9.51. The Morgan fingerprint density at radius 2 is 1.70 bits per heavy atom. The van der Waals surface area contributed by atoms with Crippen LogP contribution in [0, 0.1) is 11.8 Å². The van der Waals surface area contributed by atoms with Gasteiger partial charge < -0.3 is 10.6 Å². The number of nitrogens with two attached hydrogens (primary N) is 1. The molecule has 0 fully saturated rings. The van der Waals surface area contributed by atoms with Crippen LogP contribution in [0.4, 0.5) is 0 Å². The maximum Gasteiger partial charge on any atom is 0.0962 e. The lowest BCUT2D eigenvalue weighted by Gasteiger charge is -2.24. The summed E-state index contributed by atoms with van der Waals surface area (Å²) in [5.41, 5.74) is 6.42. The van der Waals surface area contributed by atoms with Crippen molar-refractivity contribution in [1.82, 2.24) is 19.9 Å². The van der Waals surface area contributed by atoms with E-state index in [1.165, 1.54) is 25.9 Å². The molecule has 0 amide bonds. The molecule has 0 aliphatic carbocycles. The van der Waals surface area contributed by atoms with E-state index in [0.717, 1.165) is 30.6 Å². The molecule has 0 bridgehead atoms. The quantitative estimate of drug-likeness (QED) is 0.714. The van der Waals surface area contributed by atoms with E-state index in [1.807, 2.05) is 10.9 Å². The minimum atomic E-state index is 0.463. The molecule has 5 nitrogen and oxygen atoms in total. The first-order valence-electron chi connectivity index (χ1n) is 7.82. The summed E-state index contributed by atoms with van der Waals surface area (Å²) in [5, 5.41) is 8.14. The molecule has 0 atom stereocenters. The Morgan fingerprint density at radius 1 is 1.10 bits per heavy atom. The predicted octanol–water partition coefficient (Wildman–Crippen LogP) is 2.13. The Bertz CT molecular complexity index is 347. The highest BCUT2D eigenvalue weighted by Crippen LogP contribution is 2.06. The number of aromatic nitrogens is 3. The lowest BCUT2D eigenvalue weighted by atomic mass is 10.1. The van der Waals surface area contributed by atoms with E-state index in [2.05, 4.69) is 42.9 Å². The van der Waals surface area contributed by atoms with E-state index in [4.69, 9.17) is 5.73 Å². The van der Waals surface area contributed by atoms with Crippen molar-refractivity contribution < 1.29 is 0 Å². The van der Waals surface area contributed by atoms with Crippen molar-refractivity contribution in [3.05, 3.63) is 11.9 Å². The molecule has 0 radical (unpaired) electrons. The van der Waals surface area contributed by atoms with Gasteiger partial charge in [-0.05, 0) is 37.8 Å². The zero-order valence-corrected chi connectivity index (χ0v) is 13.5. The topological polar surface area (TPSA) is 60.0 Å². The third-order valence-electron chi connectivity index (χ3n) is 3.49. The molecule has 20 heavy (non-hydrogen) atoms. The van der Waals surface area contributed by atoms with Gasteiger partial charge in [0.1, 0.15) is 0 Å². The summed E-state index contributed by atoms with van der Waals surface area (Å²) >= 11 is 0. The molecular formula is C15H31N5. The average molecular weight is 281 g/mol. The Kier molecular flexibility index (Phi) is 7.77. The molecule has 0 unspecified atom stereocenters. The van der Waals surface area contributed by atoms with Crippen LogP contribution in [0.1, 0.15) is 46.2 Å². The zero-order chi connectivity index (χ0) is 15.0. The van der Waals surface area contributed by atoms with Crippen LogP contribution in [0.25, 0.3) is 0 Å². The number of hydrogen-bond donors (Lipinski definition) is 1. The molecule has 0 saturated heterocycles. The summed E-state index contributed by atoms with van der Waals surface area (Å²) in [6.45, 7) is 13.9. The van der Waals surface area contributed by atoms with Gasteiger partial charge >= 0.3 is 0 Å². The summed E-state index contributed by atoms with van der Waals surface area (Å²) in [6.07, 6.45) is 4.45. The molecule has 0 aliphatic rings. The Hall–Kier alpha value is -0.940. The molecule has 2 N–H and O–H groups in total. The van der Waals surface area contributed by atoms with Gasteiger partial charge in [0.15, 0.2) is 0 Å². The van der Waals surface area contributed by atoms with Gasteiger partial charge in [-0.2, -0.15) is 0 Å². The van der Waals surface area contributed by atoms with Crippen molar-refractivity contribution in [1.29, 1.82) is 0 Å². The first-order valence-corrected chi connectivity index (χ1v) is 7.82. The molecule has 0 aliphatic heterocycles. The maximum atomic E-state index is 5.55. The predicted molar refractivity (Wildman–Crippen MR) is 83.3 cm³/mol. The van der Waals surface area contributed by atoms with Gasteiger partial charge in [-0.1, -0.05) is 32.9 Å². The van der Waals surface area contributed by atoms with Crippen LogP contribution in [0.2, 0.25) is 0 Å². The van der Waals surface area contributed by atoms with Crippen LogP contribution in [-0.2, 0) is 13.1 Å². The molecule has 1 heterocycles. The van der Waals surface area contributed by atoms with Gasteiger partial charge in [0.25, 0.3) is 0 Å². The molecule has 0 saturated carbocycles. The maximum absolute atomic E-state index is 5.55. The number of rotatable bonds is 10. The summed E-state index contributed by atoms with van der Waals surface area (Å²) < 4.78 is 1.90. The van der Waals surface area contributed by atoms with E-state index >= 15 is 0 Å². The standard InChI is InChI=1S/C15H31N5/c1-13(2)5-7-19(8-6-14(3)4)9-10-20-12-15(11-16)17-18-20/h12-14H,5-11,16H2,1-4H3. The molecule has 0 aromatic carbocycles. The van der Waals surface area contributed by atoms with E-state index in [0.29, 0.717) is 6.54 Å². The van der Waals surface area contributed by atoms with E-state index in [1.54, 1.807) is 0 Å². The highest BCUT2D eigenvalue weighted by Gasteiger charge is 2.08. The summed E-state index contributed by atoms with van der Waals surface area (Å²) in [7, 11) is 0. The highest BCUT2D eigenvalue weighted by molar-refractivity contribution is 4.90. The van der Waals surface area contributed by atoms with Crippen LogP contribution in [-0.4, -0.2) is 39.5 Å². The molecule has 1 aromatic heterocycles. The SMILES string of the molecule is CC(C)CCN(CCC(C)C)CCn1cc(CN)nn1. The Balaban J connectivity index is 2.41. The smallest absolute Gasteiger partial charge is 0.0962 e. The van der Waals surface area contributed by atoms with Crippen LogP contribution >= 0.6 is 0 Å². The minimum absolute atomic E-state index is 0.463. The fraction of sp³-hybridized carbons (Fsp3) is 0.867. The second-order valence-electron chi connectivity index (χ2n) is 6.38. The first kappa shape index (κ1) is 17.1. The fourth-order valence-corrected chi connectivity index (χ4v) is 2.00. The van der Waals surface area contributed by atoms with Crippen molar-refractivity contribution in [2.75, 3.05) is 19.6 Å². The Labute approximate surface area is 123 Å². The van der Waals surface area contributed by atoms with Gasteiger partial charge in [0, 0.05) is 19.3 Å². The minimum Gasteiger partial charge on any atom is -0.325 e. The monoisotopic (exact) mass is 281 g/mol. The van der Waals surface area contributed by atoms with Crippen molar-refractivity contribution in [3.63, 3.8) is 0 Å². The van der Waals surface area contributed by atoms with Crippen molar-refractivity contribution in [3.8, 4) is 0 Å². The fourth-order valence-electron chi connectivity index (χ4n) is 2.00. The average Bonchev–Trinajstić information content (AvgIpc) is 2.85. The van der Waals surface area contributed by atoms with Crippen LogP contribution < -0.4 is 5.73 Å². The third-order valence-corrected chi connectivity index (χ3v) is 3.49. The molecule has 1 aromatic rings. The van der Waals surface area contributed by atoms with Crippen LogP contribution in [0.15, 0.2) is 6.20 Å². The van der Waals surface area contributed by atoms with E-state index in [9.17, 15) is 0 Å². The lowest BCUT2D eigenvalue weighted by molar-refractivity contribution is 0.231. The van der Waals surface area contributed by atoms with E-state index < -0.39 is 0 Å². The van der Waals surface area contributed by atoms with Gasteiger partial charge in [-0.3, -0.25) is 4.68 Å². The van der Waals surface area contributed by atoms with Gasteiger partial charge in [-0.25, -0.2) is 0 Å². The summed E-state index contributed by atoms with van der Waals surface area (Å²) in [4.78, 5) is 2.55. The number of hydrogen-bond acceptors (Lipinski definition) is 4. The largest absolute Gasteiger partial charge is 0.325 e. The highest BCUT2D eigenvalue weighted by atomic mass is 15.4. The summed E-state index contributed by atoms with van der Waals surface area (Å²) in [5.74, 6) is 1.51. The molecule has 5 heteroatoms. The van der Waals surface area contributed by atoms with Crippen molar-refractivity contribution >= 4 is 0 Å². The lowest BCUT2D eigenvalue weighted by Crippen LogP contribution is -2.31. The second kappa shape index (κ2) is 9.08. The molecule has 1 rings (SSSR count). The van der Waals surface area contributed by atoms with Crippen molar-refractivity contribution in [2.45, 2.75) is 53.6 Å². The second-order valence-corrected chi connectivity index (χ2v) is 6.38. The van der Waals surface area contributed by atoms with Gasteiger partial charge in [0.05, 0.1) is 12.2 Å². The third kappa shape index (κ3) is 7.01. The number of nitrogens with zero attached hydrogens (tertiary/aromatic N) is 4. The van der Waals surface area contributed by atoms with Crippen molar-refractivity contribution in [2.24, 2.45) is 17.6 Å². The zero-order valence-electron chi connectivity index (χ0n) is 13.5. The molecular weight excluding hydrogens is 250 g/mol. The van der Waals surface area contributed by atoms with Gasteiger partial charge in [0.2, 0.25) is 0 Å². The Morgan fingerprint density at radius 3 is 2.15 bits per heavy atom. The summed E-state index contributed by atoms with van der Waals surface area (Å²) in [6, 6.07) is 0. The normalized spacial score (nSPS) is 12.0.